The molecule has 0 heterocycles. The van der Waals surface area contributed by atoms with Gasteiger partial charge in [0, 0.05) is 19.0 Å². The van der Waals surface area contributed by atoms with E-state index in [2.05, 4.69) is 5.32 Å². The van der Waals surface area contributed by atoms with E-state index in [0.29, 0.717) is 24.3 Å². The summed E-state index contributed by atoms with van der Waals surface area (Å²) in [4.78, 5) is 29.2. The Balaban J connectivity index is 2.08. The molecule has 0 aliphatic carbocycles. The first kappa shape index (κ1) is 31.6. The zero-order valence-electron chi connectivity index (χ0n) is 23.9. The Hall–Kier alpha value is -3.92. The van der Waals surface area contributed by atoms with Gasteiger partial charge in [-0.05, 0) is 55.7 Å². The monoisotopic (exact) mass is 583 g/mol. The molecule has 1 N–H and O–H groups in total. The molecule has 0 aliphatic rings. The predicted octanol–water partition coefficient (Wildman–Crippen LogP) is 4.55. The Labute approximate surface area is 242 Å². The van der Waals surface area contributed by atoms with Gasteiger partial charge in [0.1, 0.15) is 24.2 Å². The summed E-state index contributed by atoms with van der Waals surface area (Å²) >= 11 is 0. The van der Waals surface area contributed by atoms with Crippen molar-refractivity contribution in [2.75, 3.05) is 23.7 Å². The average Bonchev–Trinajstić information content (AvgIpc) is 2.95. The number of rotatable bonds is 14. The number of nitrogens with zero attached hydrogens (tertiary/aromatic N) is 2. The maximum absolute atomic E-state index is 14.1. The van der Waals surface area contributed by atoms with Crippen molar-refractivity contribution >= 4 is 27.5 Å². The third kappa shape index (κ3) is 9.04. The summed E-state index contributed by atoms with van der Waals surface area (Å²) in [5.41, 5.74) is 1.64. The minimum Gasteiger partial charge on any atom is -0.492 e. The summed E-state index contributed by atoms with van der Waals surface area (Å²) < 4.78 is 46.3. The first-order valence-electron chi connectivity index (χ1n) is 13.6. The molecule has 2 amide bonds. The summed E-state index contributed by atoms with van der Waals surface area (Å²) in [5.74, 6) is -1.07. The van der Waals surface area contributed by atoms with Gasteiger partial charge in [-0.15, -0.1) is 0 Å². The highest BCUT2D eigenvalue weighted by molar-refractivity contribution is 7.92. The normalized spacial score (nSPS) is 12.7. The van der Waals surface area contributed by atoms with Crippen LogP contribution in [0, 0.1) is 5.82 Å². The minimum absolute atomic E-state index is 0.0325. The lowest BCUT2D eigenvalue weighted by atomic mass is 10.0. The molecule has 0 fully saturated rings. The van der Waals surface area contributed by atoms with E-state index in [1.165, 1.54) is 17.0 Å². The van der Waals surface area contributed by atoms with Gasteiger partial charge in [-0.25, -0.2) is 12.8 Å². The van der Waals surface area contributed by atoms with Gasteiger partial charge in [-0.2, -0.15) is 0 Å². The van der Waals surface area contributed by atoms with Crippen LogP contribution in [0.4, 0.5) is 10.1 Å². The molecule has 0 spiro atoms. The van der Waals surface area contributed by atoms with Crippen molar-refractivity contribution in [2.45, 2.75) is 52.2 Å². The second-order valence-corrected chi connectivity index (χ2v) is 11.7. The molecular formula is C31H38FN3O5S. The fourth-order valence-electron chi connectivity index (χ4n) is 4.32. The van der Waals surface area contributed by atoms with E-state index in [4.69, 9.17) is 4.74 Å². The van der Waals surface area contributed by atoms with Gasteiger partial charge < -0.3 is 15.0 Å². The van der Waals surface area contributed by atoms with Gasteiger partial charge in [-0.3, -0.25) is 13.9 Å². The Morgan fingerprint density at radius 1 is 0.927 bits per heavy atom. The maximum Gasteiger partial charge on any atom is 0.244 e. The molecule has 2 atom stereocenters. The van der Waals surface area contributed by atoms with Crippen molar-refractivity contribution in [3.05, 3.63) is 95.8 Å². The zero-order valence-corrected chi connectivity index (χ0v) is 24.7. The van der Waals surface area contributed by atoms with E-state index in [0.717, 1.165) is 16.1 Å². The lowest BCUT2D eigenvalue weighted by Gasteiger charge is -2.34. The third-order valence-electron chi connectivity index (χ3n) is 6.65. The number of carbonyl (C=O) groups is 2. The standard InChI is InChI=1S/C31H38FN3O5S/c1-5-23(3)33-31(37)28(20-24-12-8-7-9-13-24)34(21-25-16-18-26(32)19-17-25)30(36)22-35(41(4,38)39)27-14-10-11-15-29(27)40-6-2/h7-19,23,28H,5-6,20-22H2,1-4H3,(H,33,37)/t23-,28-/m1/s1. The van der Waals surface area contributed by atoms with Crippen LogP contribution in [-0.2, 0) is 32.6 Å². The summed E-state index contributed by atoms with van der Waals surface area (Å²) in [6.07, 6.45) is 1.90. The molecule has 0 saturated heterocycles. The molecule has 0 bridgehead atoms. The summed E-state index contributed by atoms with van der Waals surface area (Å²) in [6.45, 7) is 5.30. The van der Waals surface area contributed by atoms with E-state index >= 15 is 0 Å². The lowest BCUT2D eigenvalue weighted by Crippen LogP contribution is -2.54. The highest BCUT2D eigenvalue weighted by atomic mass is 32.2. The highest BCUT2D eigenvalue weighted by Gasteiger charge is 2.34. The van der Waals surface area contributed by atoms with Crippen LogP contribution in [0.3, 0.4) is 0 Å². The van der Waals surface area contributed by atoms with Crippen molar-refractivity contribution in [3.8, 4) is 5.75 Å². The van der Waals surface area contributed by atoms with Crippen LogP contribution in [-0.4, -0.2) is 56.6 Å². The highest BCUT2D eigenvalue weighted by Crippen LogP contribution is 2.30. The van der Waals surface area contributed by atoms with Crippen LogP contribution in [0.2, 0.25) is 0 Å². The van der Waals surface area contributed by atoms with Crippen molar-refractivity contribution in [1.82, 2.24) is 10.2 Å². The van der Waals surface area contributed by atoms with E-state index in [9.17, 15) is 22.4 Å². The number of benzene rings is 3. The smallest absolute Gasteiger partial charge is 0.244 e. The van der Waals surface area contributed by atoms with Crippen LogP contribution < -0.4 is 14.4 Å². The Morgan fingerprint density at radius 3 is 2.17 bits per heavy atom. The molecule has 10 heteroatoms. The number of nitrogens with one attached hydrogen (secondary N) is 1. The second kappa shape index (κ2) is 14.6. The van der Waals surface area contributed by atoms with Crippen molar-refractivity contribution < 1.29 is 27.1 Å². The molecule has 8 nitrogen and oxygen atoms in total. The van der Waals surface area contributed by atoms with Crippen LogP contribution >= 0.6 is 0 Å². The van der Waals surface area contributed by atoms with E-state index < -0.39 is 34.3 Å². The maximum atomic E-state index is 14.1. The number of ether oxygens (including phenoxy) is 1. The SMILES string of the molecule is CCOc1ccccc1N(CC(=O)N(Cc1ccc(F)cc1)[C@H](Cc1ccccc1)C(=O)N[C@H](C)CC)S(C)(=O)=O. The molecule has 0 saturated carbocycles. The molecule has 3 aromatic rings. The molecule has 220 valence electrons. The lowest BCUT2D eigenvalue weighted by molar-refractivity contribution is -0.140. The molecule has 0 aromatic heterocycles. The van der Waals surface area contributed by atoms with E-state index in [1.54, 1.807) is 43.3 Å². The van der Waals surface area contributed by atoms with Gasteiger partial charge >= 0.3 is 0 Å². The zero-order chi connectivity index (χ0) is 30.0. The first-order valence-corrected chi connectivity index (χ1v) is 15.5. The fraction of sp³-hybridized carbons (Fsp3) is 0.355. The van der Waals surface area contributed by atoms with Crippen LogP contribution in [0.25, 0.3) is 0 Å². The molecule has 3 rings (SSSR count). The van der Waals surface area contributed by atoms with Gasteiger partial charge in [0.2, 0.25) is 21.8 Å². The van der Waals surface area contributed by atoms with Crippen molar-refractivity contribution in [2.24, 2.45) is 0 Å². The number of anilines is 1. The number of para-hydroxylation sites is 2. The molecule has 41 heavy (non-hydrogen) atoms. The second-order valence-electron chi connectivity index (χ2n) is 9.84. The van der Waals surface area contributed by atoms with Gasteiger partial charge in [0.25, 0.3) is 0 Å². The van der Waals surface area contributed by atoms with Crippen molar-refractivity contribution in [1.29, 1.82) is 0 Å². The number of amides is 2. The molecule has 0 aliphatic heterocycles. The molecule has 0 unspecified atom stereocenters. The van der Waals surface area contributed by atoms with Crippen LogP contribution in [0.5, 0.6) is 5.75 Å². The summed E-state index contributed by atoms with van der Waals surface area (Å²) in [6, 6.07) is 20.4. The number of carbonyl (C=O) groups excluding carboxylic acids is 2. The number of sulfonamides is 1. The summed E-state index contributed by atoms with van der Waals surface area (Å²) in [5, 5.41) is 2.98. The van der Waals surface area contributed by atoms with Gasteiger partial charge in [0.05, 0.1) is 18.6 Å². The van der Waals surface area contributed by atoms with Crippen LogP contribution in [0.1, 0.15) is 38.3 Å². The Bertz CT molecular complexity index is 1400. The van der Waals surface area contributed by atoms with Crippen LogP contribution in [0.15, 0.2) is 78.9 Å². The van der Waals surface area contributed by atoms with Crippen molar-refractivity contribution in [3.63, 3.8) is 0 Å². The quantitative estimate of drug-likeness (QED) is 0.301. The summed E-state index contributed by atoms with van der Waals surface area (Å²) in [7, 11) is -3.94. The Morgan fingerprint density at radius 2 is 1.56 bits per heavy atom. The molecular weight excluding hydrogens is 545 g/mol. The third-order valence-corrected chi connectivity index (χ3v) is 7.78. The largest absolute Gasteiger partial charge is 0.492 e. The number of hydrogen-bond donors (Lipinski definition) is 1. The number of halogens is 1. The van der Waals surface area contributed by atoms with Gasteiger partial charge in [0.15, 0.2) is 0 Å². The molecule has 3 aromatic carbocycles. The van der Waals surface area contributed by atoms with Gasteiger partial charge in [-0.1, -0.05) is 61.5 Å². The fourth-order valence-corrected chi connectivity index (χ4v) is 5.17. The van der Waals surface area contributed by atoms with E-state index in [-0.39, 0.29) is 30.6 Å². The first-order chi connectivity index (χ1) is 19.5. The topological polar surface area (TPSA) is 96.0 Å². The van der Waals surface area contributed by atoms with E-state index in [1.807, 2.05) is 44.2 Å². The average molecular weight is 584 g/mol. The Kier molecular flexibility index (Phi) is 11.3. The number of hydrogen-bond acceptors (Lipinski definition) is 5. The predicted molar refractivity (Wildman–Crippen MR) is 159 cm³/mol. The molecule has 0 radical (unpaired) electrons. The minimum atomic E-state index is -3.94.